The molecular weight excluding hydrogens is 319 g/mol. The van der Waals surface area contributed by atoms with Gasteiger partial charge in [-0.1, -0.05) is 23.2 Å². The molecule has 0 radical (unpaired) electrons. The minimum atomic E-state index is -3.72. The van der Waals surface area contributed by atoms with E-state index in [1.54, 1.807) is 0 Å². The largest absolute Gasteiger partial charge is 0.280 e. The van der Waals surface area contributed by atoms with Gasteiger partial charge in [0.25, 0.3) is 10.0 Å². The summed E-state index contributed by atoms with van der Waals surface area (Å²) in [6.07, 6.45) is 0. The molecule has 0 amide bonds. The summed E-state index contributed by atoms with van der Waals surface area (Å²) in [5.74, 6) is 0. The standard InChI is InChI=1S/C13H8Cl2N2O2S/c14-10-2-5-12(6-3-10)20(18,19)17-11-4-1-9(8-16)13(15)7-11/h1-7,17H. The molecule has 0 heterocycles. The second-order valence-corrected chi connectivity index (χ2v) is 6.39. The minimum Gasteiger partial charge on any atom is -0.280 e. The Kier molecular flexibility index (Phi) is 4.19. The molecule has 0 unspecified atom stereocenters. The number of nitrogens with zero attached hydrogens (tertiary/aromatic N) is 1. The summed E-state index contributed by atoms with van der Waals surface area (Å²) in [6, 6.07) is 12.0. The van der Waals surface area contributed by atoms with Gasteiger partial charge in [-0.2, -0.15) is 5.26 Å². The Morgan fingerprint density at radius 1 is 1.05 bits per heavy atom. The molecule has 0 atom stereocenters. The molecule has 0 saturated heterocycles. The maximum atomic E-state index is 12.1. The zero-order valence-electron chi connectivity index (χ0n) is 9.97. The lowest BCUT2D eigenvalue weighted by atomic mass is 10.2. The van der Waals surface area contributed by atoms with Crippen molar-refractivity contribution < 1.29 is 8.42 Å². The Morgan fingerprint density at radius 2 is 1.70 bits per heavy atom. The molecule has 2 aromatic carbocycles. The third-order valence-electron chi connectivity index (χ3n) is 2.47. The monoisotopic (exact) mass is 326 g/mol. The van der Waals surface area contributed by atoms with Crippen molar-refractivity contribution in [3.8, 4) is 6.07 Å². The lowest BCUT2D eigenvalue weighted by molar-refractivity contribution is 0.601. The maximum absolute atomic E-state index is 12.1. The first-order chi connectivity index (χ1) is 9.42. The van der Waals surface area contributed by atoms with Crippen LogP contribution in [-0.2, 0) is 10.0 Å². The van der Waals surface area contributed by atoms with Crippen LogP contribution in [0.1, 0.15) is 5.56 Å². The molecule has 2 aromatic rings. The van der Waals surface area contributed by atoms with Gasteiger partial charge in [-0.15, -0.1) is 0 Å². The number of halogens is 2. The smallest absolute Gasteiger partial charge is 0.261 e. The van der Waals surface area contributed by atoms with Gasteiger partial charge in [-0.3, -0.25) is 4.72 Å². The van der Waals surface area contributed by atoms with Gasteiger partial charge in [-0.05, 0) is 42.5 Å². The lowest BCUT2D eigenvalue weighted by Crippen LogP contribution is -2.12. The Bertz CT molecular complexity index is 781. The molecule has 0 saturated carbocycles. The van der Waals surface area contributed by atoms with Crippen molar-refractivity contribution in [3.05, 3.63) is 58.1 Å². The van der Waals surface area contributed by atoms with E-state index < -0.39 is 10.0 Å². The van der Waals surface area contributed by atoms with E-state index in [9.17, 15) is 8.42 Å². The highest BCUT2D eigenvalue weighted by Gasteiger charge is 2.14. The second-order valence-electron chi connectivity index (χ2n) is 3.87. The molecule has 0 spiro atoms. The van der Waals surface area contributed by atoms with Gasteiger partial charge in [-0.25, -0.2) is 8.42 Å². The first-order valence-corrected chi connectivity index (χ1v) is 7.64. The van der Waals surface area contributed by atoms with Crippen molar-refractivity contribution in [3.63, 3.8) is 0 Å². The molecule has 20 heavy (non-hydrogen) atoms. The molecule has 0 aliphatic heterocycles. The van der Waals surface area contributed by atoms with E-state index in [0.29, 0.717) is 5.02 Å². The minimum absolute atomic E-state index is 0.0855. The first-order valence-electron chi connectivity index (χ1n) is 5.40. The van der Waals surface area contributed by atoms with Crippen LogP contribution in [0.15, 0.2) is 47.4 Å². The zero-order valence-corrected chi connectivity index (χ0v) is 12.3. The molecule has 0 fully saturated rings. The van der Waals surface area contributed by atoms with Gasteiger partial charge >= 0.3 is 0 Å². The van der Waals surface area contributed by atoms with Crippen LogP contribution in [0.4, 0.5) is 5.69 Å². The van der Waals surface area contributed by atoms with Crippen LogP contribution in [0.25, 0.3) is 0 Å². The first kappa shape index (κ1) is 14.7. The van der Waals surface area contributed by atoms with E-state index in [-0.39, 0.29) is 21.2 Å². The number of nitrogens with one attached hydrogen (secondary N) is 1. The summed E-state index contributed by atoms with van der Waals surface area (Å²) in [4.78, 5) is 0.0855. The highest BCUT2D eigenvalue weighted by atomic mass is 35.5. The van der Waals surface area contributed by atoms with Gasteiger partial charge in [0.1, 0.15) is 6.07 Å². The van der Waals surface area contributed by atoms with E-state index in [0.717, 1.165) is 0 Å². The van der Waals surface area contributed by atoms with E-state index in [1.807, 2.05) is 6.07 Å². The van der Waals surface area contributed by atoms with Gasteiger partial charge < -0.3 is 0 Å². The number of hydrogen-bond donors (Lipinski definition) is 1. The normalized spacial score (nSPS) is 10.8. The van der Waals surface area contributed by atoms with Crippen molar-refractivity contribution in [2.24, 2.45) is 0 Å². The summed E-state index contributed by atoms with van der Waals surface area (Å²) < 4.78 is 26.6. The fourth-order valence-corrected chi connectivity index (χ4v) is 2.90. The Labute approximate surface area is 126 Å². The van der Waals surface area contributed by atoms with Crippen LogP contribution in [-0.4, -0.2) is 8.42 Å². The summed E-state index contributed by atoms with van der Waals surface area (Å²) in [6.45, 7) is 0. The van der Waals surface area contributed by atoms with Crippen molar-refractivity contribution in [2.45, 2.75) is 4.90 Å². The molecule has 0 aliphatic carbocycles. The van der Waals surface area contributed by atoms with Crippen LogP contribution in [0.3, 0.4) is 0 Å². The van der Waals surface area contributed by atoms with Crippen molar-refractivity contribution in [2.75, 3.05) is 4.72 Å². The van der Waals surface area contributed by atoms with Crippen LogP contribution < -0.4 is 4.72 Å². The molecule has 2 rings (SSSR count). The van der Waals surface area contributed by atoms with Gasteiger partial charge in [0.2, 0.25) is 0 Å². The molecule has 0 aliphatic rings. The molecule has 0 bridgehead atoms. The van der Waals surface area contributed by atoms with E-state index in [2.05, 4.69) is 4.72 Å². The van der Waals surface area contributed by atoms with Crippen molar-refractivity contribution in [1.29, 1.82) is 5.26 Å². The Balaban J connectivity index is 2.31. The van der Waals surface area contributed by atoms with E-state index in [1.165, 1.54) is 42.5 Å². The molecule has 4 nitrogen and oxygen atoms in total. The maximum Gasteiger partial charge on any atom is 0.261 e. The summed E-state index contributed by atoms with van der Waals surface area (Å²) >= 11 is 11.6. The third-order valence-corrected chi connectivity index (χ3v) is 4.43. The number of rotatable bonds is 3. The third kappa shape index (κ3) is 3.23. The highest BCUT2D eigenvalue weighted by Crippen LogP contribution is 2.23. The number of nitriles is 1. The molecule has 1 N–H and O–H groups in total. The Morgan fingerprint density at radius 3 is 2.25 bits per heavy atom. The number of hydrogen-bond acceptors (Lipinski definition) is 3. The van der Waals surface area contributed by atoms with Gasteiger partial charge in [0.05, 0.1) is 21.2 Å². The average molecular weight is 327 g/mol. The fourth-order valence-electron chi connectivity index (χ4n) is 1.50. The van der Waals surface area contributed by atoms with Crippen molar-refractivity contribution in [1.82, 2.24) is 0 Å². The van der Waals surface area contributed by atoms with Gasteiger partial charge in [0.15, 0.2) is 0 Å². The quantitative estimate of drug-likeness (QED) is 0.935. The topological polar surface area (TPSA) is 70.0 Å². The van der Waals surface area contributed by atoms with Crippen molar-refractivity contribution >= 4 is 38.9 Å². The molecule has 102 valence electrons. The summed E-state index contributed by atoms with van der Waals surface area (Å²) in [5, 5.41) is 9.39. The Hall–Kier alpha value is -1.74. The van der Waals surface area contributed by atoms with E-state index in [4.69, 9.17) is 28.5 Å². The van der Waals surface area contributed by atoms with Crippen LogP contribution in [0.5, 0.6) is 0 Å². The van der Waals surface area contributed by atoms with Crippen LogP contribution >= 0.6 is 23.2 Å². The number of benzene rings is 2. The second kappa shape index (κ2) is 5.71. The predicted octanol–water partition coefficient (Wildman–Crippen LogP) is 3.67. The fraction of sp³-hybridized carbons (Fsp3) is 0. The summed E-state index contributed by atoms with van der Waals surface area (Å²) in [5.41, 5.74) is 0.560. The lowest BCUT2D eigenvalue weighted by Gasteiger charge is -2.08. The number of sulfonamides is 1. The predicted molar refractivity (Wildman–Crippen MR) is 78.4 cm³/mol. The van der Waals surface area contributed by atoms with Crippen LogP contribution in [0.2, 0.25) is 10.0 Å². The SMILES string of the molecule is N#Cc1ccc(NS(=O)(=O)c2ccc(Cl)cc2)cc1Cl. The zero-order chi connectivity index (χ0) is 14.8. The van der Waals surface area contributed by atoms with E-state index >= 15 is 0 Å². The molecule has 0 aromatic heterocycles. The summed E-state index contributed by atoms with van der Waals surface area (Å²) in [7, 11) is -3.72. The molecular formula is C13H8Cl2N2O2S. The van der Waals surface area contributed by atoms with Gasteiger partial charge in [0, 0.05) is 5.02 Å². The highest BCUT2D eigenvalue weighted by molar-refractivity contribution is 7.92. The number of anilines is 1. The molecule has 7 heteroatoms. The average Bonchev–Trinajstić information content (AvgIpc) is 2.39. The van der Waals surface area contributed by atoms with Crippen LogP contribution in [0, 0.1) is 11.3 Å².